The highest BCUT2D eigenvalue weighted by molar-refractivity contribution is 5.98. The number of amides is 2. The molecule has 0 bridgehead atoms. The number of nitrogens with one attached hydrogen (secondary N) is 1. The van der Waals surface area contributed by atoms with Gasteiger partial charge < -0.3 is 15.0 Å². The molecule has 1 aliphatic carbocycles. The van der Waals surface area contributed by atoms with Gasteiger partial charge in [0.2, 0.25) is 5.91 Å². The zero-order valence-corrected chi connectivity index (χ0v) is 8.49. The third-order valence-electron chi connectivity index (χ3n) is 3.37. The second-order valence-corrected chi connectivity index (χ2v) is 4.60. The van der Waals surface area contributed by atoms with Crippen molar-refractivity contribution in [2.45, 2.75) is 30.8 Å². The van der Waals surface area contributed by atoms with Crippen LogP contribution in [0.4, 0.5) is 0 Å². The summed E-state index contributed by atoms with van der Waals surface area (Å²) in [6.07, 6.45) is 2.69. The molecule has 5 nitrogen and oxygen atoms in total. The van der Waals surface area contributed by atoms with Crippen molar-refractivity contribution in [2.24, 2.45) is 0 Å². The Morgan fingerprint density at radius 2 is 2.20 bits per heavy atom. The van der Waals surface area contributed by atoms with Crippen LogP contribution in [-0.2, 0) is 14.3 Å². The number of hydrogen-bond donors (Lipinski definition) is 1. The predicted molar refractivity (Wildman–Crippen MR) is 51.0 cm³/mol. The maximum atomic E-state index is 12.2. The minimum absolute atomic E-state index is 0.0491. The first kappa shape index (κ1) is 9.15. The molecule has 2 amide bonds. The number of rotatable bonds is 1. The molecule has 1 spiro atoms. The summed E-state index contributed by atoms with van der Waals surface area (Å²) in [4.78, 5) is 25.5. The van der Waals surface area contributed by atoms with Crippen molar-refractivity contribution in [1.29, 1.82) is 0 Å². The number of carbonyl (C=O) groups excluding carboxylic acids is 2. The molecule has 3 rings (SSSR count). The van der Waals surface area contributed by atoms with E-state index in [0.29, 0.717) is 25.7 Å². The van der Waals surface area contributed by atoms with Crippen LogP contribution in [0.2, 0.25) is 0 Å². The lowest BCUT2D eigenvalue weighted by atomic mass is 9.94. The molecular weight excluding hydrogens is 196 g/mol. The van der Waals surface area contributed by atoms with Gasteiger partial charge in [-0.3, -0.25) is 9.59 Å². The molecule has 1 N–H and O–H groups in total. The van der Waals surface area contributed by atoms with Gasteiger partial charge >= 0.3 is 0 Å². The van der Waals surface area contributed by atoms with Gasteiger partial charge in [0.05, 0.1) is 13.2 Å². The van der Waals surface area contributed by atoms with E-state index in [2.05, 4.69) is 5.32 Å². The zero-order chi connectivity index (χ0) is 10.5. The number of ether oxygens (including phenoxy) is 1. The van der Waals surface area contributed by atoms with Crippen molar-refractivity contribution < 1.29 is 14.3 Å². The van der Waals surface area contributed by atoms with Gasteiger partial charge in [0, 0.05) is 19.1 Å². The smallest absolute Gasteiger partial charge is 0.251 e. The second-order valence-electron chi connectivity index (χ2n) is 4.60. The highest BCUT2D eigenvalue weighted by Gasteiger charge is 2.52. The third kappa shape index (κ3) is 1.33. The van der Waals surface area contributed by atoms with E-state index < -0.39 is 5.54 Å². The molecule has 2 heterocycles. The van der Waals surface area contributed by atoms with E-state index in [9.17, 15) is 9.59 Å². The largest absolute Gasteiger partial charge is 0.378 e. The molecule has 0 aromatic rings. The van der Waals surface area contributed by atoms with Crippen LogP contribution in [0.3, 0.4) is 0 Å². The average molecular weight is 210 g/mol. The summed E-state index contributed by atoms with van der Waals surface area (Å²) < 4.78 is 5.24. The molecule has 2 aliphatic heterocycles. The Morgan fingerprint density at radius 3 is 2.80 bits per heavy atom. The van der Waals surface area contributed by atoms with Crippen molar-refractivity contribution in [3.8, 4) is 0 Å². The van der Waals surface area contributed by atoms with Gasteiger partial charge in [-0.25, -0.2) is 0 Å². The molecule has 82 valence electrons. The third-order valence-corrected chi connectivity index (χ3v) is 3.37. The summed E-state index contributed by atoms with van der Waals surface area (Å²) in [5, 5.41) is 2.80. The van der Waals surface area contributed by atoms with Crippen LogP contribution in [-0.4, -0.2) is 48.1 Å². The Morgan fingerprint density at radius 1 is 1.40 bits per heavy atom. The predicted octanol–water partition coefficient (Wildman–Crippen LogP) is -0.734. The van der Waals surface area contributed by atoms with Crippen molar-refractivity contribution in [3.63, 3.8) is 0 Å². The Bertz CT molecular complexity index is 319. The summed E-state index contributed by atoms with van der Waals surface area (Å²) in [7, 11) is 0. The second kappa shape index (κ2) is 2.95. The Labute approximate surface area is 87.8 Å². The molecule has 0 radical (unpaired) electrons. The number of nitrogens with zero attached hydrogens (tertiary/aromatic N) is 1. The monoisotopic (exact) mass is 210 g/mol. The summed E-state index contributed by atoms with van der Waals surface area (Å²) in [5.41, 5.74) is -0.738. The molecule has 5 heteroatoms. The Hall–Kier alpha value is -1.10. The highest BCUT2D eigenvalue weighted by Crippen LogP contribution is 2.33. The van der Waals surface area contributed by atoms with Gasteiger partial charge in [-0.05, 0) is 12.8 Å². The fourth-order valence-electron chi connectivity index (χ4n) is 2.37. The van der Waals surface area contributed by atoms with Crippen LogP contribution in [0.15, 0.2) is 0 Å². The molecule has 1 atom stereocenters. The first-order valence-electron chi connectivity index (χ1n) is 5.41. The van der Waals surface area contributed by atoms with Crippen molar-refractivity contribution in [2.75, 3.05) is 19.8 Å². The lowest BCUT2D eigenvalue weighted by Crippen LogP contribution is -2.67. The normalized spacial score (nSPS) is 36.1. The molecule has 2 saturated heterocycles. The molecule has 15 heavy (non-hydrogen) atoms. The molecule has 0 aromatic carbocycles. The molecule has 1 saturated carbocycles. The van der Waals surface area contributed by atoms with Gasteiger partial charge in [0.15, 0.2) is 0 Å². The molecule has 1 unspecified atom stereocenters. The molecule has 3 aliphatic rings. The van der Waals surface area contributed by atoms with Crippen LogP contribution in [0.1, 0.15) is 19.3 Å². The number of carbonyl (C=O) groups is 2. The maximum Gasteiger partial charge on any atom is 0.251 e. The summed E-state index contributed by atoms with van der Waals surface area (Å²) in [5.74, 6) is 0.00843. The van der Waals surface area contributed by atoms with E-state index in [-0.39, 0.29) is 18.4 Å². The summed E-state index contributed by atoms with van der Waals surface area (Å²) >= 11 is 0. The SMILES string of the molecule is O=C1CN(C2CC2)C(=O)C2(CCOC2)N1. The van der Waals surface area contributed by atoms with E-state index in [1.807, 2.05) is 0 Å². The lowest BCUT2D eigenvalue weighted by molar-refractivity contribution is -0.150. The first-order valence-corrected chi connectivity index (χ1v) is 5.41. The average Bonchev–Trinajstić information content (AvgIpc) is 2.94. The van der Waals surface area contributed by atoms with Crippen LogP contribution in [0.5, 0.6) is 0 Å². The van der Waals surface area contributed by atoms with E-state index in [0.717, 1.165) is 12.8 Å². The number of hydrogen-bond acceptors (Lipinski definition) is 3. The zero-order valence-electron chi connectivity index (χ0n) is 8.49. The van der Waals surface area contributed by atoms with E-state index in [1.165, 1.54) is 0 Å². The van der Waals surface area contributed by atoms with E-state index >= 15 is 0 Å². The van der Waals surface area contributed by atoms with Gasteiger partial charge in [0.25, 0.3) is 5.91 Å². The van der Waals surface area contributed by atoms with Crippen LogP contribution in [0, 0.1) is 0 Å². The van der Waals surface area contributed by atoms with Gasteiger partial charge in [-0.1, -0.05) is 0 Å². The quantitative estimate of drug-likeness (QED) is 0.620. The number of piperazine rings is 1. The fraction of sp³-hybridized carbons (Fsp3) is 0.800. The van der Waals surface area contributed by atoms with Crippen LogP contribution >= 0.6 is 0 Å². The minimum Gasteiger partial charge on any atom is -0.378 e. The molecular formula is C10H14N2O3. The van der Waals surface area contributed by atoms with Gasteiger partial charge in [-0.2, -0.15) is 0 Å². The van der Waals surface area contributed by atoms with Gasteiger partial charge in [0.1, 0.15) is 5.54 Å². The summed E-state index contributed by atoms with van der Waals surface area (Å²) in [6, 6.07) is 0.307. The van der Waals surface area contributed by atoms with Crippen LogP contribution in [0.25, 0.3) is 0 Å². The molecule has 0 aromatic heterocycles. The van der Waals surface area contributed by atoms with Crippen LogP contribution < -0.4 is 5.32 Å². The highest BCUT2D eigenvalue weighted by atomic mass is 16.5. The first-order chi connectivity index (χ1) is 7.21. The summed E-state index contributed by atoms with van der Waals surface area (Å²) in [6.45, 7) is 1.12. The van der Waals surface area contributed by atoms with E-state index in [4.69, 9.17) is 4.74 Å². The molecule has 3 fully saturated rings. The lowest BCUT2D eigenvalue weighted by Gasteiger charge is -2.38. The minimum atomic E-state index is -0.738. The Kier molecular flexibility index (Phi) is 1.80. The fourth-order valence-corrected chi connectivity index (χ4v) is 2.37. The standard InChI is InChI=1S/C10H14N2O3/c13-8-5-12(7-1-2-7)9(14)10(11-8)3-4-15-6-10/h7H,1-6H2,(H,11,13). The maximum absolute atomic E-state index is 12.2. The van der Waals surface area contributed by atoms with Crippen molar-refractivity contribution in [3.05, 3.63) is 0 Å². The van der Waals surface area contributed by atoms with Gasteiger partial charge in [-0.15, -0.1) is 0 Å². The Balaban J connectivity index is 1.87. The van der Waals surface area contributed by atoms with E-state index in [1.54, 1.807) is 4.90 Å². The topological polar surface area (TPSA) is 58.6 Å². The van der Waals surface area contributed by atoms with Crippen molar-refractivity contribution in [1.82, 2.24) is 10.2 Å². The van der Waals surface area contributed by atoms with Crippen molar-refractivity contribution >= 4 is 11.8 Å².